The molecule has 1 saturated heterocycles. The Bertz CT molecular complexity index is 1140. The van der Waals surface area contributed by atoms with Crippen LogP contribution in [-0.4, -0.2) is 69.5 Å². The molecular formula is C27H36N6O. The summed E-state index contributed by atoms with van der Waals surface area (Å²) in [6.07, 6.45) is 5.94. The molecule has 3 heterocycles. The Kier molecular flexibility index (Phi) is 6.55. The van der Waals surface area contributed by atoms with E-state index in [2.05, 4.69) is 62.9 Å². The van der Waals surface area contributed by atoms with Crippen LogP contribution >= 0.6 is 0 Å². The van der Waals surface area contributed by atoms with Gasteiger partial charge in [0, 0.05) is 50.0 Å². The molecule has 1 aliphatic carbocycles. The van der Waals surface area contributed by atoms with Crippen molar-refractivity contribution in [3.05, 3.63) is 53.5 Å². The first-order valence-corrected chi connectivity index (χ1v) is 12.6. The molecule has 5 rings (SSSR count). The van der Waals surface area contributed by atoms with Crippen LogP contribution in [0.2, 0.25) is 0 Å². The minimum absolute atomic E-state index is 0.203. The van der Waals surface area contributed by atoms with Crippen LogP contribution in [0.15, 0.2) is 36.5 Å². The summed E-state index contributed by atoms with van der Waals surface area (Å²) in [4.78, 5) is 26.6. The number of anilines is 1. The maximum absolute atomic E-state index is 12.9. The van der Waals surface area contributed by atoms with Crippen molar-refractivity contribution in [2.45, 2.75) is 52.1 Å². The number of nitrogens with one attached hydrogen (secondary N) is 1. The van der Waals surface area contributed by atoms with Crippen molar-refractivity contribution in [1.82, 2.24) is 24.3 Å². The minimum Gasteiger partial charge on any atom is -0.382 e. The quantitative estimate of drug-likeness (QED) is 0.627. The lowest BCUT2D eigenvalue weighted by Gasteiger charge is -2.36. The summed E-state index contributed by atoms with van der Waals surface area (Å²) >= 11 is 0. The predicted molar refractivity (Wildman–Crippen MR) is 136 cm³/mol. The number of aromatic nitrogens is 3. The van der Waals surface area contributed by atoms with Gasteiger partial charge in [0.1, 0.15) is 11.3 Å². The number of pyridine rings is 1. The molecule has 1 N–H and O–H groups in total. The van der Waals surface area contributed by atoms with Gasteiger partial charge in [-0.05, 0) is 75.9 Å². The van der Waals surface area contributed by atoms with E-state index >= 15 is 0 Å². The topological polar surface area (TPSA) is 66.3 Å². The highest BCUT2D eigenvalue weighted by Crippen LogP contribution is 2.29. The monoisotopic (exact) mass is 460 g/mol. The van der Waals surface area contributed by atoms with Gasteiger partial charge in [-0.25, -0.2) is 9.97 Å². The number of likely N-dealkylation sites (N-methyl/N-ethyl adjacent to an activating group) is 1. The predicted octanol–water partition coefficient (Wildman–Crippen LogP) is 3.84. The van der Waals surface area contributed by atoms with Gasteiger partial charge in [-0.15, -0.1) is 0 Å². The lowest BCUT2D eigenvalue weighted by atomic mass is 9.85. The molecule has 7 nitrogen and oxygen atoms in total. The Morgan fingerprint density at radius 2 is 1.71 bits per heavy atom. The van der Waals surface area contributed by atoms with E-state index in [0.717, 1.165) is 86.6 Å². The first-order chi connectivity index (χ1) is 16.5. The molecule has 0 bridgehead atoms. The average molecular weight is 461 g/mol. The summed E-state index contributed by atoms with van der Waals surface area (Å²) < 4.78 is 2.18. The Morgan fingerprint density at radius 1 is 1.00 bits per heavy atom. The van der Waals surface area contributed by atoms with Crippen LogP contribution < -0.4 is 5.32 Å². The van der Waals surface area contributed by atoms with Gasteiger partial charge < -0.3 is 19.7 Å². The molecule has 1 amide bonds. The number of carbonyl (C=O) groups excluding carboxylic acids is 1. The number of hydrogen-bond donors (Lipinski definition) is 1. The largest absolute Gasteiger partial charge is 0.382 e. The van der Waals surface area contributed by atoms with Crippen LogP contribution in [0.3, 0.4) is 0 Å². The molecule has 2 aliphatic rings. The van der Waals surface area contributed by atoms with Gasteiger partial charge >= 0.3 is 0 Å². The fraction of sp³-hybridized carbons (Fsp3) is 0.519. The Labute approximate surface area is 202 Å². The van der Waals surface area contributed by atoms with Crippen molar-refractivity contribution >= 4 is 22.8 Å². The van der Waals surface area contributed by atoms with Gasteiger partial charge in [-0.1, -0.05) is 12.1 Å². The zero-order valence-corrected chi connectivity index (χ0v) is 20.6. The van der Waals surface area contributed by atoms with E-state index in [1.54, 1.807) is 0 Å². The van der Waals surface area contributed by atoms with Crippen molar-refractivity contribution in [3.8, 4) is 0 Å². The standard InChI is InChI=1S/C27H36N6O/c1-19-12-13-28-26-25(19)29-20(2)33(26)18-21-4-8-23(9-5-21)30-24-10-6-22(7-11-24)27(34)32-16-14-31(3)15-17-32/h4-5,8-9,12-13,22,24,30H,6-7,10-11,14-18H2,1-3H3/t22-,24-. The number of imidazole rings is 1. The summed E-state index contributed by atoms with van der Waals surface area (Å²) in [6, 6.07) is 11.2. The molecule has 3 aromatic rings. The fourth-order valence-electron chi connectivity index (χ4n) is 5.33. The van der Waals surface area contributed by atoms with Gasteiger partial charge in [0.25, 0.3) is 0 Å². The highest BCUT2D eigenvalue weighted by molar-refractivity contribution is 5.79. The van der Waals surface area contributed by atoms with E-state index in [1.165, 1.54) is 5.56 Å². The van der Waals surface area contributed by atoms with Crippen molar-refractivity contribution in [2.24, 2.45) is 5.92 Å². The lowest BCUT2D eigenvalue weighted by Crippen LogP contribution is -2.49. The van der Waals surface area contributed by atoms with E-state index in [0.29, 0.717) is 11.9 Å². The highest BCUT2D eigenvalue weighted by Gasteiger charge is 2.30. The van der Waals surface area contributed by atoms with Gasteiger partial charge in [-0.3, -0.25) is 4.79 Å². The van der Waals surface area contributed by atoms with Crippen LogP contribution in [-0.2, 0) is 11.3 Å². The number of benzene rings is 1. The van der Waals surface area contributed by atoms with Gasteiger partial charge in [0.15, 0.2) is 5.65 Å². The van der Waals surface area contributed by atoms with Crippen LogP contribution in [0.1, 0.15) is 42.6 Å². The second kappa shape index (κ2) is 9.74. The number of amides is 1. The Morgan fingerprint density at radius 3 is 2.41 bits per heavy atom. The van der Waals surface area contributed by atoms with E-state index in [1.807, 2.05) is 19.2 Å². The van der Waals surface area contributed by atoms with E-state index < -0.39 is 0 Å². The maximum atomic E-state index is 12.9. The second-order valence-electron chi connectivity index (χ2n) is 10.1. The van der Waals surface area contributed by atoms with E-state index in [-0.39, 0.29) is 5.92 Å². The number of rotatable bonds is 5. The van der Waals surface area contributed by atoms with E-state index in [4.69, 9.17) is 4.98 Å². The van der Waals surface area contributed by atoms with Crippen LogP contribution in [0.4, 0.5) is 5.69 Å². The molecule has 0 radical (unpaired) electrons. The van der Waals surface area contributed by atoms with Crippen molar-refractivity contribution in [2.75, 3.05) is 38.5 Å². The molecule has 34 heavy (non-hydrogen) atoms. The molecule has 0 atom stereocenters. The Balaban J connectivity index is 1.15. The van der Waals surface area contributed by atoms with E-state index in [9.17, 15) is 4.79 Å². The fourth-order valence-corrected chi connectivity index (χ4v) is 5.33. The number of carbonyl (C=O) groups is 1. The van der Waals surface area contributed by atoms with Crippen LogP contribution in [0, 0.1) is 19.8 Å². The summed E-state index contributed by atoms with van der Waals surface area (Å²) in [5.74, 6) is 1.57. The SMILES string of the molecule is Cc1ccnc2c1nc(C)n2Cc1ccc(N[C@H]2CC[C@H](C(=O)N3CCN(C)CC3)CC2)cc1. The number of fused-ring (bicyclic) bond motifs is 1. The molecule has 0 spiro atoms. The van der Waals surface area contributed by atoms with Crippen molar-refractivity contribution in [3.63, 3.8) is 0 Å². The van der Waals surface area contributed by atoms with Gasteiger partial charge in [0.05, 0.1) is 6.54 Å². The third kappa shape index (κ3) is 4.80. The second-order valence-corrected chi connectivity index (χ2v) is 10.1. The average Bonchev–Trinajstić information content (AvgIpc) is 3.17. The van der Waals surface area contributed by atoms with Crippen LogP contribution in [0.25, 0.3) is 11.2 Å². The minimum atomic E-state index is 0.203. The smallest absolute Gasteiger partial charge is 0.225 e. The number of nitrogens with zero attached hydrogens (tertiary/aromatic N) is 5. The number of aryl methyl sites for hydroxylation is 2. The van der Waals surface area contributed by atoms with Gasteiger partial charge in [0.2, 0.25) is 5.91 Å². The lowest BCUT2D eigenvalue weighted by molar-refractivity contribution is -0.138. The summed E-state index contributed by atoms with van der Waals surface area (Å²) in [6.45, 7) is 8.63. The summed E-state index contributed by atoms with van der Waals surface area (Å²) in [5, 5.41) is 3.70. The number of piperazine rings is 1. The molecule has 1 aliphatic heterocycles. The zero-order chi connectivity index (χ0) is 23.7. The molecule has 1 aromatic carbocycles. The third-order valence-electron chi connectivity index (χ3n) is 7.58. The zero-order valence-electron chi connectivity index (χ0n) is 20.6. The molecule has 2 aromatic heterocycles. The van der Waals surface area contributed by atoms with Crippen molar-refractivity contribution in [1.29, 1.82) is 0 Å². The molecule has 0 unspecified atom stereocenters. The van der Waals surface area contributed by atoms with Gasteiger partial charge in [-0.2, -0.15) is 0 Å². The molecule has 1 saturated carbocycles. The van der Waals surface area contributed by atoms with Crippen LogP contribution in [0.5, 0.6) is 0 Å². The summed E-state index contributed by atoms with van der Waals surface area (Å²) in [5.41, 5.74) is 5.48. The molecule has 2 fully saturated rings. The first-order valence-electron chi connectivity index (χ1n) is 12.6. The maximum Gasteiger partial charge on any atom is 0.225 e. The summed E-state index contributed by atoms with van der Waals surface area (Å²) in [7, 11) is 2.13. The molecular weight excluding hydrogens is 424 g/mol. The first kappa shape index (κ1) is 22.8. The third-order valence-corrected chi connectivity index (χ3v) is 7.58. The highest BCUT2D eigenvalue weighted by atomic mass is 16.2. The molecule has 180 valence electrons. The molecule has 7 heteroatoms. The number of hydrogen-bond acceptors (Lipinski definition) is 5. The normalized spacial score (nSPS) is 21.7. The Hall–Kier alpha value is -2.93. The van der Waals surface area contributed by atoms with Crippen molar-refractivity contribution < 1.29 is 4.79 Å².